The van der Waals surface area contributed by atoms with Crippen molar-refractivity contribution in [2.24, 2.45) is 0 Å². The molecule has 1 aromatic carbocycles. The summed E-state index contributed by atoms with van der Waals surface area (Å²) in [6.07, 6.45) is 0. The summed E-state index contributed by atoms with van der Waals surface area (Å²) in [5, 5.41) is 10.8. The minimum absolute atomic E-state index is 0.284. The quantitative estimate of drug-likeness (QED) is 0.590. The monoisotopic (exact) mass is 244 g/mol. The molecule has 0 aliphatic rings. The molecule has 0 atom stereocenters. The number of benzene rings is 1. The SMILES string of the molecule is Cc1ccc(S(=O)(=O)N(C)C)c([N+](=O)[O-])c1. The molecule has 0 saturated carbocycles. The Morgan fingerprint density at radius 2 is 1.88 bits per heavy atom. The Morgan fingerprint density at radius 1 is 1.31 bits per heavy atom. The lowest BCUT2D eigenvalue weighted by molar-refractivity contribution is -0.387. The lowest BCUT2D eigenvalue weighted by Crippen LogP contribution is -2.23. The second-order valence-corrected chi connectivity index (χ2v) is 5.64. The van der Waals surface area contributed by atoms with Gasteiger partial charge in [-0.2, -0.15) is 0 Å². The number of nitro groups is 1. The van der Waals surface area contributed by atoms with Crippen LogP contribution in [0.1, 0.15) is 5.56 Å². The Labute approximate surface area is 93.7 Å². The normalized spacial score (nSPS) is 11.8. The standard InChI is InChI=1S/C9H12N2O4S/c1-7-4-5-9(8(6-7)11(12)13)16(14,15)10(2)3/h4-6H,1-3H3. The fourth-order valence-electron chi connectivity index (χ4n) is 1.18. The van der Waals surface area contributed by atoms with Crippen molar-refractivity contribution in [1.82, 2.24) is 4.31 Å². The highest BCUT2D eigenvalue weighted by Crippen LogP contribution is 2.26. The molecule has 16 heavy (non-hydrogen) atoms. The molecule has 0 unspecified atom stereocenters. The van der Waals surface area contributed by atoms with Crippen LogP contribution in [0.15, 0.2) is 23.1 Å². The van der Waals surface area contributed by atoms with Gasteiger partial charge < -0.3 is 0 Å². The van der Waals surface area contributed by atoms with Gasteiger partial charge in [0.15, 0.2) is 4.90 Å². The topological polar surface area (TPSA) is 80.5 Å². The first-order valence-corrected chi connectivity index (χ1v) is 5.88. The molecule has 0 N–H and O–H groups in total. The van der Waals surface area contributed by atoms with E-state index in [-0.39, 0.29) is 4.90 Å². The Hall–Kier alpha value is -1.47. The van der Waals surface area contributed by atoms with E-state index in [1.165, 1.54) is 32.3 Å². The minimum Gasteiger partial charge on any atom is -0.258 e. The van der Waals surface area contributed by atoms with Gasteiger partial charge >= 0.3 is 0 Å². The first-order valence-electron chi connectivity index (χ1n) is 4.44. The maximum atomic E-state index is 11.8. The third-order valence-corrected chi connectivity index (χ3v) is 3.93. The summed E-state index contributed by atoms with van der Waals surface area (Å²) in [6, 6.07) is 4.03. The van der Waals surface area contributed by atoms with Crippen molar-refractivity contribution in [1.29, 1.82) is 0 Å². The lowest BCUT2D eigenvalue weighted by Gasteiger charge is -2.11. The van der Waals surface area contributed by atoms with Crippen molar-refractivity contribution in [3.05, 3.63) is 33.9 Å². The molecule has 0 spiro atoms. The number of rotatable bonds is 3. The smallest absolute Gasteiger partial charge is 0.258 e. The third-order valence-electron chi connectivity index (χ3n) is 2.07. The van der Waals surface area contributed by atoms with Gasteiger partial charge in [-0.1, -0.05) is 6.07 Å². The molecule has 0 aliphatic carbocycles. The van der Waals surface area contributed by atoms with Gasteiger partial charge in [0.1, 0.15) is 0 Å². The van der Waals surface area contributed by atoms with Crippen molar-refractivity contribution in [3.63, 3.8) is 0 Å². The van der Waals surface area contributed by atoms with Gasteiger partial charge in [-0.25, -0.2) is 12.7 Å². The predicted octanol–water partition coefficient (Wildman–Crippen LogP) is 1.15. The van der Waals surface area contributed by atoms with Gasteiger partial charge in [0, 0.05) is 20.2 Å². The van der Waals surface area contributed by atoms with Crippen LogP contribution in [-0.4, -0.2) is 31.7 Å². The zero-order valence-electron chi connectivity index (χ0n) is 9.17. The van der Waals surface area contributed by atoms with E-state index >= 15 is 0 Å². The van der Waals surface area contributed by atoms with Crippen molar-refractivity contribution < 1.29 is 13.3 Å². The Morgan fingerprint density at radius 3 is 2.31 bits per heavy atom. The van der Waals surface area contributed by atoms with E-state index in [1.54, 1.807) is 6.92 Å². The number of nitro benzene ring substituents is 1. The maximum Gasteiger partial charge on any atom is 0.289 e. The van der Waals surface area contributed by atoms with E-state index < -0.39 is 20.6 Å². The fraction of sp³-hybridized carbons (Fsp3) is 0.333. The largest absolute Gasteiger partial charge is 0.289 e. The molecule has 0 radical (unpaired) electrons. The number of hydrogen-bond acceptors (Lipinski definition) is 4. The summed E-state index contributed by atoms with van der Waals surface area (Å²) in [5.41, 5.74) is 0.248. The van der Waals surface area contributed by atoms with Gasteiger partial charge in [-0.3, -0.25) is 10.1 Å². The highest BCUT2D eigenvalue weighted by molar-refractivity contribution is 7.89. The van der Waals surface area contributed by atoms with Crippen LogP contribution in [0.25, 0.3) is 0 Å². The van der Waals surface area contributed by atoms with E-state index in [0.717, 1.165) is 4.31 Å². The molecule has 0 bridgehead atoms. The zero-order valence-corrected chi connectivity index (χ0v) is 9.98. The van der Waals surface area contributed by atoms with Crippen molar-refractivity contribution in [3.8, 4) is 0 Å². The summed E-state index contributed by atoms with van der Waals surface area (Å²) in [4.78, 5) is 9.79. The first-order chi connectivity index (χ1) is 7.26. The molecule has 0 aromatic heterocycles. The third kappa shape index (κ3) is 2.20. The van der Waals surface area contributed by atoms with Crippen LogP contribution >= 0.6 is 0 Å². The second-order valence-electron chi connectivity index (χ2n) is 3.52. The van der Waals surface area contributed by atoms with E-state index in [9.17, 15) is 18.5 Å². The van der Waals surface area contributed by atoms with Gasteiger partial charge in [0.25, 0.3) is 5.69 Å². The summed E-state index contributed by atoms with van der Waals surface area (Å²) in [6.45, 7) is 1.67. The summed E-state index contributed by atoms with van der Waals surface area (Å²) >= 11 is 0. The van der Waals surface area contributed by atoms with Crippen LogP contribution in [0, 0.1) is 17.0 Å². The fourth-order valence-corrected chi connectivity index (χ4v) is 2.22. The van der Waals surface area contributed by atoms with Gasteiger partial charge in [0.2, 0.25) is 10.0 Å². The minimum atomic E-state index is -3.78. The molecule has 0 heterocycles. The summed E-state index contributed by atoms with van der Waals surface area (Å²) < 4.78 is 24.5. The number of aryl methyl sites for hydroxylation is 1. The Kier molecular flexibility index (Phi) is 3.30. The highest BCUT2D eigenvalue weighted by atomic mass is 32.2. The van der Waals surface area contributed by atoms with Crippen molar-refractivity contribution in [2.75, 3.05) is 14.1 Å². The molecule has 7 heteroatoms. The van der Waals surface area contributed by atoms with Crippen LogP contribution < -0.4 is 0 Å². The molecule has 1 aromatic rings. The second kappa shape index (κ2) is 4.18. The van der Waals surface area contributed by atoms with Crippen LogP contribution in [0.3, 0.4) is 0 Å². The summed E-state index contributed by atoms with van der Waals surface area (Å²) in [7, 11) is -1.11. The molecule has 1 rings (SSSR count). The maximum absolute atomic E-state index is 11.8. The van der Waals surface area contributed by atoms with Gasteiger partial charge in [-0.15, -0.1) is 0 Å². The lowest BCUT2D eigenvalue weighted by atomic mass is 10.2. The van der Waals surface area contributed by atoms with Crippen molar-refractivity contribution in [2.45, 2.75) is 11.8 Å². The van der Waals surface area contributed by atoms with E-state index in [0.29, 0.717) is 5.56 Å². The van der Waals surface area contributed by atoms with Gasteiger partial charge in [-0.05, 0) is 18.6 Å². The van der Waals surface area contributed by atoms with Crippen LogP contribution in [0.2, 0.25) is 0 Å². The van der Waals surface area contributed by atoms with E-state index in [4.69, 9.17) is 0 Å². The number of sulfonamides is 1. The van der Waals surface area contributed by atoms with Crippen LogP contribution in [0.4, 0.5) is 5.69 Å². The number of hydrogen-bond donors (Lipinski definition) is 0. The molecular formula is C9H12N2O4S. The molecule has 0 amide bonds. The van der Waals surface area contributed by atoms with Crippen LogP contribution in [0.5, 0.6) is 0 Å². The highest BCUT2D eigenvalue weighted by Gasteiger charge is 2.27. The average Bonchev–Trinajstić information content (AvgIpc) is 2.16. The Balaban J connectivity index is 3.52. The first kappa shape index (κ1) is 12.6. The molecule has 88 valence electrons. The molecular weight excluding hydrogens is 232 g/mol. The molecule has 0 fully saturated rings. The van der Waals surface area contributed by atoms with Gasteiger partial charge in [0.05, 0.1) is 4.92 Å². The predicted molar refractivity (Wildman–Crippen MR) is 58.7 cm³/mol. The molecule has 0 aliphatic heterocycles. The zero-order chi connectivity index (χ0) is 12.5. The number of nitrogens with zero attached hydrogens (tertiary/aromatic N) is 2. The molecule has 0 saturated heterocycles. The van der Waals surface area contributed by atoms with E-state index in [2.05, 4.69) is 0 Å². The van der Waals surface area contributed by atoms with E-state index in [1.807, 2.05) is 0 Å². The average molecular weight is 244 g/mol. The Bertz CT molecular complexity index is 522. The molecule has 6 nitrogen and oxygen atoms in total. The van der Waals surface area contributed by atoms with Crippen LogP contribution in [-0.2, 0) is 10.0 Å². The van der Waals surface area contributed by atoms with Crippen molar-refractivity contribution >= 4 is 15.7 Å². The summed E-state index contributed by atoms with van der Waals surface area (Å²) in [5.74, 6) is 0.